The zero-order valence-electron chi connectivity index (χ0n) is 12.5. The number of hydrogen-bond acceptors (Lipinski definition) is 2. The minimum Gasteiger partial charge on any atom is -0.246 e. The molecular formula is C15H19F3N4. The molecule has 0 aromatic heterocycles. The number of alkyl halides is 3. The van der Waals surface area contributed by atoms with Gasteiger partial charge in [-0.1, -0.05) is 24.9 Å². The van der Waals surface area contributed by atoms with E-state index in [9.17, 15) is 13.2 Å². The molecule has 0 aliphatic rings. The zero-order valence-corrected chi connectivity index (χ0v) is 12.5. The summed E-state index contributed by atoms with van der Waals surface area (Å²) in [6, 6.07) is 4.14. The predicted octanol–water partition coefficient (Wildman–Crippen LogP) is 5.45. The van der Waals surface area contributed by atoms with E-state index < -0.39 is 20.0 Å². The van der Waals surface area contributed by atoms with Crippen molar-refractivity contribution in [1.29, 1.82) is 5.26 Å². The van der Waals surface area contributed by atoms with Crippen molar-refractivity contribution in [2.45, 2.75) is 46.2 Å². The Morgan fingerprint density at radius 3 is 2.14 bits per heavy atom. The van der Waals surface area contributed by atoms with Crippen molar-refractivity contribution in [3.63, 3.8) is 0 Å². The molecule has 0 atom stereocenters. The summed E-state index contributed by atoms with van der Waals surface area (Å²) in [5, 5.41) is 12.0. The first-order valence-electron chi connectivity index (χ1n) is 6.91. The molecule has 0 radical (unpaired) electrons. The summed E-state index contributed by atoms with van der Waals surface area (Å²) < 4.78 is 37.1. The maximum atomic E-state index is 12.4. The van der Waals surface area contributed by atoms with Gasteiger partial charge in [0.2, 0.25) is 0 Å². The van der Waals surface area contributed by atoms with Crippen LogP contribution in [0, 0.1) is 11.3 Å². The SMILES string of the molecule is CCCCCN=[N+]=[N-].N#Cc1cc(CF)c(CF)cc1CF. The molecule has 0 saturated carbocycles. The third-order valence-electron chi connectivity index (χ3n) is 2.90. The highest BCUT2D eigenvalue weighted by Crippen LogP contribution is 2.19. The topological polar surface area (TPSA) is 72.6 Å². The van der Waals surface area contributed by atoms with Gasteiger partial charge in [-0.15, -0.1) is 0 Å². The van der Waals surface area contributed by atoms with E-state index >= 15 is 0 Å². The Hall–Kier alpha value is -2.19. The van der Waals surface area contributed by atoms with Crippen molar-refractivity contribution in [3.05, 3.63) is 44.8 Å². The smallest absolute Gasteiger partial charge is 0.116 e. The maximum Gasteiger partial charge on any atom is 0.116 e. The molecule has 0 aliphatic heterocycles. The monoisotopic (exact) mass is 312 g/mol. The Kier molecular flexibility index (Phi) is 11.3. The Balaban J connectivity index is 0.000000472. The summed E-state index contributed by atoms with van der Waals surface area (Å²) in [6.07, 6.45) is 3.38. The molecule has 0 fully saturated rings. The van der Waals surface area contributed by atoms with Gasteiger partial charge in [0.15, 0.2) is 0 Å². The van der Waals surface area contributed by atoms with E-state index in [0.717, 1.165) is 6.42 Å². The lowest BCUT2D eigenvalue weighted by molar-refractivity contribution is 0.450. The van der Waals surface area contributed by atoms with Crippen LogP contribution in [0.1, 0.15) is 48.4 Å². The van der Waals surface area contributed by atoms with E-state index in [1.54, 1.807) is 6.07 Å². The molecule has 1 rings (SSSR count). The summed E-state index contributed by atoms with van der Waals surface area (Å²) in [7, 11) is 0. The molecule has 0 aliphatic carbocycles. The van der Waals surface area contributed by atoms with Gasteiger partial charge in [-0.3, -0.25) is 0 Å². The van der Waals surface area contributed by atoms with Gasteiger partial charge in [0, 0.05) is 17.0 Å². The number of unbranched alkanes of at least 4 members (excludes halogenated alkanes) is 2. The molecule has 0 spiro atoms. The number of benzene rings is 1. The largest absolute Gasteiger partial charge is 0.246 e. The van der Waals surface area contributed by atoms with E-state index in [-0.39, 0.29) is 22.3 Å². The molecule has 0 unspecified atom stereocenters. The maximum absolute atomic E-state index is 12.4. The van der Waals surface area contributed by atoms with Crippen LogP contribution >= 0.6 is 0 Å². The van der Waals surface area contributed by atoms with Crippen molar-refractivity contribution in [2.75, 3.05) is 6.54 Å². The number of nitriles is 1. The van der Waals surface area contributed by atoms with Crippen LogP contribution in [-0.2, 0) is 20.0 Å². The van der Waals surface area contributed by atoms with Gasteiger partial charge in [-0.2, -0.15) is 5.26 Å². The van der Waals surface area contributed by atoms with Gasteiger partial charge in [0.05, 0.1) is 11.6 Å². The number of nitrogens with zero attached hydrogens (tertiary/aromatic N) is 4. The van der Waals surface area contributed by atoms with Crippen molar-refractivity contribution < 1.29 is 13.2 Å². The third-order valence-corrected chi connectivity index (χ3v) is 2.90. The predicted molar refractivity (Wildman–Crippen MR) is 79.1 cm³/mol. The quantitative estimate of drug-likeness (QED) is 0.285. The average Bonchev–Trinajstić information content (AvgIpc) is 2.58. The number of rotatable bonds is 7. The average molecular weight is 312 g/mol. The minimum atomic E-state index is -0.849. The van der Waals surface area contributed by atoms with Crippen LogP contribution in [0.5, 0.6) is 0 Å². The van der Waals surface area contributed by atoms with Crippen molar-refractivity contribution in [3.8, 4) is 6.07 Å². The van der Waals surface area contributed by atoms with E-state index in [4.69, 9.17) is 10.8 Å². The summed E-state index contributed by atoms with van der Waals surface area (Å²) in [5.41, 5.74) is 8.22. The Bertz CT molecular complexity index is 534. The van der Waals surface area contributed by atoms with Crippen LogP contribution in [0.25, 0.3) is 10.4 Å². The summed E-state index contributed by atoms with van der Waals surface area (Å²) in [5.74, 6) is 0. The molecule has 4 nitrogen and oxygen atoms in total. The fourth-order valence-corrected chi connectivity index (χ4v) is 1.68. The lowest BCUT2D eigenvalue weighted by atomic mass is 10.0. The number of halogens is 3. The second-order valence-electron chi connectivity index (χ2n) is 4.45. The summed E-state index contributed by atoms with van der Waals surface area (Å²) in [6.45, 7) is 0.237. The van der Waals surface area contributed by atoms with Crippen LogP contribution in [0.4, 0.5) is 13.2 Å². The molecule has 0 saturated heterocycles. The lowest BCUT2D eigenvalue weighted by Gasteiger charge is -2.06. The first kappa shape index (κ1) is 19.8. The first-order valence-corrected chi connectivity index (χ1v) is 6.91. The lowest BCUT2D eigenvalue weighted by Crippen LogP contribution is -1.96. The molecule has 0 N–H and O–H groups in total. The van der Waals surface area contributed by atoms with E-state index in [1.165, 1.54) is 25.0 Å². The molecule has 22 heavy (non-hydrogen) atoms. The Labute approximate surface area is 128 Å². The van der Waals surface area contributed by atoms with E-state index in [2.05, 4.69) is 16.9 Å². The molecule has 0 bridgehead atoms. The zero-order chi connectivity index (χ0) is 16.8. The van der Waals surface area contributed by atoms with Crippen LogP contribution in [0.2, 0.25) is 0 Å². The first-order chi connectivity index (χ1) is 10.7. The summed E-state index contributed by atoms with van der Waals surface area (Å²) in [4.78, 5) is 2.63. The standard InChI is InChI=1S/C10H8F3N.C5H11N3/c11-3-7-1-9(5-13)10(6-14)2-8(7)4-12;1-2-3-4-5-7-8-6/h1-2H,3-5H2;2-5H2,1H3. The normalized spacial score (nSPS) is 9.23. The van der Waals surface area contributed by atoms with Crippen LogP contribution in [-0.4, -0.2) is 6.54 Å². The molecule has 0 amide bonds. The van der Waals surface area contributed by atoms with Crippen molar-refractivity contribution in [1.82, 2.24) is 0 Å². The fraction of sp³-hybridized carbons (Fsp3) is 0.533. The highest BCUT2D eigenvalue weighted by atomic mass is 19.1. The van der Waals surface area contributed by atoms with Crippen LogP contribution < -0.4 is 0 Å². The van der Waals surface area contributed by atoms with Crippen LogP contribution in [0.3, 0.4) is 0 Å². The van der Waals surface area contributed by atoms with Gasteiger partial charge in [-0.05, 0) is 35.2 Å². The molecule has 7 heteroatoms. The minimum absolute atomic E-state index is 0.0670. The third kappa shape index (κ3) is 7.00. The van der Waals surface area contributed by atoms with Gasteiger partial charge in [0.1, 0.15) is 20.0 Å². The molecule has 1 aromatic rings. The molecule has 0 heterocycles. The Morgan fingerprint density at radius 2 is 1.68 bits per heavy atom. The molecule has 1 aromatic carbocycles. The fourth-order valence-electron chi connectivity index (χ4n) is 1.68. The highest BCUT2D eigenvalue weighted by molar-refractivity contribution is 5.44. The second kappa shape index (κ2) is 12.5. The van der Waals surface area contributed by atoms with Gasteiger partial charge >= 0.3 is 0 Å². The van der Waals surface area contributed by atoms with Crippen molar-refractivity contribution in [2.24, 2.45) is 5.11 Å². The van der Waals surface area contributed by atoms with E-state index in [0.29, 0.717) is 6.54 Å². The van der Waals surface area contributed by atoms with Gasteiger partial charge < -0.3 is 0 Å². The number of azide groups is 1. The van der Waals surface area contributed by atoms with Crippen LogP contribution in [0.15, 0.2) is 17.2 Å². The molecule has 120 valence electrons. The van der Waals surface area contributed by atoms with Gasteiger partial charge in [-0.25, -0.2) is 13.2 Å². The second-order valence-corrected chi connectivity index (χ2v) is 4.45. The summed E-state index contributed by atoms with van der Waals surface area (Å²) >= 11 is 0. The van der Waals surface area contributed by atoms with Gasteiger partial charge in [0.25, 0.3) is 0 Å². The number of hydrogen-bond donors (Lipinski definition) is 0. The highest BCUT2D eigenvalue weighted by Gasteiger charge is 2.09. The van der Waals surface area contributed by atoms with E-state index in [1.807, 2.05) is 0 Å². The Morgan fingerprint density at radius 1 is 1.09 bits per heavy atom. The van der Waals surface area contributed by atoms with Crippen molar-refractivity contribution >= 4 is 0 Å². The molecular weight excluding hydrogens is 293 g/mol.